The van der Waals surface area contributed by atoms with Crippen LogP contribution in [0.3, 0.4) is 0 Å². The van der Waals surface area contributed by atoms with Crippen LogP contribution >= 0.6 is 0 Å². The number of benzene rings is 1. The highest BCUT2D eigenvalue weighted by molar-refractivity contribution is 7.89. The minimum absolute atomic E-state index is 0.274. The smallest absolute Gasteiger partial charge is 0.306 e. The number of sulfonamides is 1. The molecular weight excluding hydrogens is 330 g/mol. The second kappa shape index (κ2) is 6.60. The number of carbonyl (C=O) groups is 1. The first kappa shape index (κ1) is 17.3. The highest BCUT2D eigenvalue weighted by Crippen LogP contribution is 2.27. The Hall–Kier alpha value is -2.05. The number of carboxylic acid groups (broad SMARTS) is 1. The Morgan fingerprint density at radius 3 is 2.17 bits per heavy atom. The Labute approximate surface area is 131 Å². The maximum atomic E-state index is 13.8. The predicted molar refractivity (Wildman–Crippen MR) is 74.8 cm³/mol. The van der Waals surface area contributed by atoms with Crippen LogP contribution in [-0.4, -0.2) is 25.5 Å². The third-order valence-corrected chi connectivity index (χ3v) is 5.37. The molecule has 1 saturated carbocycles. The van der Waals surface area contributed by atoms with E-state index in [1.807, 2.05) is 0 Å². The average molecular weight is 344 g/mol. The number of nitriles is 1. The SMILES string of the molecule is N#Cc1cc(F)c(S(=O)(=O)NC2CCC(C(=O)O)CC2)c(F)c1. The Bertz CT molecular complexity index is 742. The van der Waals surface area contributed by atoms with E-state index in [1.54, 1.807) is 0 Å². The zero-order chi connectivity index (χ0) is 17.2. The summed E-state index contributed by atoms with van der Waals surface area (Å²) in [4.78, 5) is 9.73. The van der Waals surface area contributed by atoms with Crippen molar-refractivity contribution in [1.29, 1.82) is 5.26 Å². The van der Waals surface area contributed by atoms with Gasteiger partial charge >= 0.3 is 5.97 Å². The molecule has 1 aliphatic carbocycles. The van der Waals surface area contributed by atoms with Gasteiger partial charge < -0.3 is 5.11 Å². The molecule has 0 bridgehead atoms. The number of rotatable bonds is 4. The Morgan fingerprint density at radius 1 is 1.22 bits per heavy atom. The van der Waals surface area contributed by atoms with Crippen molar-refractivity contribution >= 4 is 16.0 Å². The van der Waals surface area contributed by atoms with Crippen LogP contribution in [0.15, 0.2) is 17.0 Å². The van der Waals surface area contributed by atoms with Crippen molar-refractivity contribution in [3.8, 4) is 6.07 Å². The summed E-state index contributed by atoms with van der Waals surface area (Å²) >= 11 is 0. The van der Waals surface area contributed by atoms with Gasteiger partial charge in [0.15, 0.2) is 4.90 Å². The summed E-state index contributed by atoms with van der Waals surface area (Å²) in [7, 11) is -4.44. The van der Waals surface area contributed by atoms with Gasteiger partial charge in [-0.15, -0.1) is 0 Å². The molecule has 0 aromatic heterocycles. The second-order valence-electron chi connectivity index (χ2n) is 5.39. The van der Waals surface area contributed by atoms with Crippen LogP contribution < -0.4 is 4.72 Å². The summed E-state index contributed by atoms with van der Waals surface area (Å²) in [6.45, 7) is 0. The molecule has 0 spiro atoms. The van der Waals surface area contributed by atoms with Gasteiger partial charge in [-0.3, -0.25) is 4.79 Å². The molecule has 0 heterocycles. The first-order chi connectivity index (χ1) is 10.7. The largest absolute Gasteiger partial charge is 0.481 e. The average Bonchev–Trinajstić information content (AvgIpc) is 2.46. The van der Waals surface area contributed by atoms with Crippen LogP contribution in [0.1, 0.15) is 31.2 Å². The maximum absolute atomic E-state index is 13.8. The summed E-state index contributed by atoms with van der Waals surface area (Å²) in [5.41, 5.74) is -0.319. The van der Waals surface area contributed by atoms with Crippen molar-refractivity contribution in [3.63, 3.8) is 0 Å². The van der Waals surface area contributed by atoms with Gasteiger partial charge in [-0.05, 0) is 37.8 Å². The molecule has 0 radical (unpaired) electrons. The molecule has 23 heavy (non-hydrogen) atoms. The molecule has 9 heteroatoms. The highest BCUT2D eigenvalue weighted by Gasteiger charge is 2.31. The van der Waals surface area contributed by atoms with Crippen LogP contribution in [0.25, 0.3) is 0 Å². The van der Waals surface area contributed by atoms with Gasteiger partial charge in [0.1, 0.15) is 11.6 Å². The highest BCUT2D eigenvalue weighted by atomic mass is 32.2. The van der Waals surface area contributed by atoms with E-state index in [0.29, 0.717) is 25.0 Å². The van der Waals surface area contributed by atoms with Crippen molar-refractivity contribution in [2.75, 3.05) is 0 Å². The molecule has 1 aliphatic rings. The van der Waals surface area contributed by atoms with Gasteiger partial charge in [-0.25, -0.2) is 21.9 Å². The number of halogens is 2. The molecule has 0 atom stereocenters. The first-order valence-electron chi connectivity index (χ1n) is 6.89. The van der Waals surface area contributed by atoms with Crippen LogP contribution in [0.2, 0.25) is 0 Å². The van der Waals surface area contributed by atoms with E-state index in [-0.39, 0.29) is 18.4 Å². The van der Waals surface area contributed by atoms with Crippen molar-refractivity contribution in [2.24, 2.45) is 5.92 Å². The lowest BCUT2D eigenvalue weighted by atomic mass is 9.87. The molecule has 2 N–H and O–H groups in total. The van der Waals surface area contributed by atoms with Gasteiger partial charge in [0.25, 0.3) is 0 Å². The first-order valence-corrected chi connectivity index (χ1v) is 8.37. The van der Waals surface area contributed by atoms with Gasteiger partial charge in [-0.1, -0.05) is 0 Å². The van der Waals surface area contributed by atoms with E-state index in [1.165, 1.54) is 6.07 Å². The summed E-state index contributed by atoms with van der Waals surface area (Å²) in [5, 5.41) is 17.5. The zero-order valence-corrected chi connectivity index (χ0v) is 12.7. The zero-order valence-electron chi connectivity index (χ0n) is 11.9. The van der Waals surface area contributed by atoms with Crippen LogP contribution in [0, 0.1) is 28.9 Å². The van der Waals surface area contributed by atoms with Crippen molar-refractivity contribution in [2.45, 2.75) is 36.6 Å². The summed E-state index contributed by atoms with van der Waals surface area (Å²) in [5.74, 6) is -4.14. The molecule has 124 valence electrons. The van der Waals surface area contributed by atoms with Gasteiger partial charge in [0.2, 0.25) is 10.0 Å². The lowest BCUT2D eigenvalue weighted by molar-refractivity contribution is -0.142. The van der Waals surface area contributed by atoms with E-state index in [2.05, 4.69) is 4.72 Å². The summed E-state index contributed by atoms with van der Waals surface area (Å²) < 4.78 is 54.2. The standard InChI is InChI=1S/C14H14F2N2O4S/c15-11-5-8(7-17)6-12(16)13(11)23(21,22)18-10-3-1-9(2-4-10)14(19)20/h5-6,9-10,18H,1-4H2,(H,19,20). The molecule has 1 aromatic carbocycles. The lowest BCUT2D eigenvalue weighted by Crippen LogP contribution is -2.39. The van der Waals surface area contributed by atoms with Crippen LogP contribution in [0.4, 0.5) is 8.78 Å². The molecule has 0 amide bonds. The summed E-state index contributed by atoms with van der Waals surface area (Å²) in [6.07, 6.45) is 1.13. The fraction of sp³-hybridized carbons (Fsp3) is 0.429. The van der Waals surface area contributed by atoms with E-state index in [4.69, 9.17) is 10.4 Å². The number of nitrogens with zero attached hydrogens (tertiary/aromatic N) is 1. The van der Waals surface area contributed by atoms with Gasteiger partial charge in [0.05, 0.1) is 17.6 Å². The Kier molecular flexibility index (Phi) is 4.97. The third kappa shape index (κ3) is 3.83. The minimum atomic E-state index is -4.44. The van der Waals surface area contributed by atoms with Gasteiger partial charge in [-0.2, -0.15) is 5.26 Å². The molecule has 2 rings (SSSR count). The van der Waals surface area contributed by atoms with E-state index in [9.17, 15) is 22.0 Å². The van der Waals surface area contributed by atoms with Crippen molar-refractivity contribution in [1.82, 2.24) is 4.72 Å². The fourth-order valence-corrected chi connectivity index (χ4v) is 4.04. The Morgan fingerprint density at radius 2 is 1.74 bits per heavy atom. The predicted octanol–water partition coefficient (Wildman–Crippen LogP) is 1.76. The molecule has 1 fully saturated rings. The molecule has 0 aliphatic heterocycles. The van der Waals surface area contributed by atoms with E-state index >= 15 is 0 Å². The normalized spacial score (nSPS) is 21.6. The lowest BCUT2D eigenvalue weighted by Gasteiger charge is -2.26. The Balaban J connectivity index is 2.18. The number of aliphatic carboxylic acids is 1. The van der Waals surface area contributed by atoms with Crippen molar-refractivity contribution in [3.05, 3.63) is 29.3 Å². The topological polar surface area (TPSA) is 107 Å². The second-order valence-corrected chi connectivity index (χ2v) is 7.04. The number of hydrogen-bond donors (Lipinski definition) is 2. The fourth-order valence-electron chi connectivity index (χ4n) is 2.62. The minimum Gasteiger partial charge on any atom is -0.481 e. The van der Waals surface area contributed by atoms with Crippen LogP contribution in [-0.2, 0) is 14.8 Å². The number of nitrogens with one attached hydrogen (secondary N) is 1. The summed E-state index contributed by atoms with van der Waals surface area (Å²) in [6, 6.07) is 2.26. The quantitative estimate of drug-likeness (QED) is 0.865. The molecule has 0 unspecified atom stereocenters. The molecule has 1 aromatic rings. The van der Waals surface area contributed by atoms with Crippen molar-refractivity contribution < 1.29 is 27.1 Å². The van der Waals surface area contributed by atoms with Gasteiger partial charge in [0, 0.05) is 6.04 Å². The molecule has 6 nitrogen and oxygen atoms in total. The maximum Gasteiger partial charge on any atom is 0.306 e. The number of hydrogen-bond acceptors (Lipinski definition) is 4. The number of carboxylic acids is 1. The van der Waals surface area contributed by atoms with E-state index in [0.717, 1.165) is 0 Å². The molecular formula is C14H14F2N2O4S. The molecule has 0 saturated heterocycles. The monoisotopic (exact) mass is 344 g/mol. The van der Waals surface area contributed by atoms with E-state index < -0.39 is 44.5 Å². The van der Waals surface area contributed by atoms with Crippen LogP contribution in [0.5, 0.6) is 0 Å². The third-order valence-electron chi connectivity index (χ3n) is 3.79.